The zero-order chi connectivity index (χ0) is 18.1. The minimum atomic E-state index is -0.632. The Kier molecular flexibility index (Phi) is 6.29. The van der Waals surface area contributed by atoms with Crippen molar-refractivity contribution in [3.05, 3.63) is 58.3 Å². The Morgan fingerprint density at radius 1 is 1.32 bits per heavy atom. The average Bonchev–Trinajstić information content (AvgIpc) is 3.09. The lowest BCUT2D eigenvalue weighted by Crippen LogP contribution is -2.24. The molecule has 1 heterocycles. The van der Waals surface area contributed by atoms with Crippen LogP contribution < -0.4 is 14.9 Å². The van der Waals surface area contributed by atoms with Crippen molar-refractivity contribution in [3.8, 4) is 11.5 Å². The highest BCUT2D eigenvalue weighted by Crippen LogP contribution is 2.25. The summed E-state index contributed by atoms with van der Waals surface area (Å²) in [5.74, 6) is 0.462. The molecule has 1 amide bonds. The molecule has 0 aliphatic rings. The van der Waals surface area contributed by atoms with Crippen LogP contribution in [-0.4, -0.2) is 30.8 Å². The van der Waals surface area contributed by atoms with Gasteiger partial charge in [0, 0.05) is 6.21 Å². The third kappa shape index (κ3) is 5.50. The number of nitrogens with one attached hydrogen (secondary N) is 1. The second kappa shape index (κ2) is 8.87. The number of furan rings is 1. The van der Waals surface area contributed by atoms with Crippen LogP contribution in [0.3, 0.4) is 0 Å². The third-order valence-corrected chi connectivity index (χ3v) is 2.83. The van der Waals surface area contributed by atoms with E-state index in [2.05, 4.69) is 10.5 Å². The first-order valence-corrected chi connectivity index (χ1v) is 7.09. The maximum atomic E-state index is 11.6. The number of carbonyl (C=O) groups is 1. The summed E-state index contributed by atoms with van der Waals surface area (Å²) in [6.07, 6.45) is 4.23. The number of hydrogen-bond acceptors (Lipinski definition) is 7. The summed E-state index contributed by atoms with van der Waals surface area (Å²) in [6.45, 7) is -0.230. The molecule has 2 rings (SSSR count). The van der Waals surface area contributed by atoms with Crippen LogP contribution in [0.25, 0.3) is 6.08 Å². The standard InChI is InChI=1S/C16H15N3O6/c1-23-13-6-2-3-7-14(13)24-11-15(20)18-17-10-4-5-12-8-9-16(25-12)19(21)22/h2-10H,11H2,1H3,(H,18,20)/b5-4+,17-10?. The fourth-order valence-electron chi connectivity index (χ4n) is 1.73. The predicted octanol–water partition coefficient (Wildman–Crippen LogP) is 2.39. The van der Waals surface area contributed by atoms with Gasteiger partial charge in [0.2, 0.25) is 0 Å². The van der Waals surface area contributed by atoms with E-state index in [4.69, 9.17) is 13.9 Å². The highest BCUT2D eigenvalue weighted by molar-refractivity contribution is 5.81. The maximum Gasteiger partial charge on any atom is 0.433 e. The number of benzene rings is 1. The third-order valence-electron chi connectivity index (χ3n) is 2.83. The zero-order valence-corrected chi connectivity index (χ0v) is 13.2. The van der Waals surface area contributed by atoms with E-state index in [1.54, 1.807) is 24.3 Å². The fraction of sp³-hybridized carbons (Fsp3) is 0.125. The van der Waals surface area contributed by atoms with Gasteiger partial charge in [-0.2, -0.15) is 5.10 Å². The predicted molar refractivity (Wildman–Crippen MR) is 89.5 cm³/mol. The Balaban J connectivity index is 1.76. The van der Waals surface area contributed by atoms with Gasteiger partial charge in [0.15, 0.2) is 18.1 Å². The maximum absolute atomic E-state index is 11.6. The van der Waals surface area contributed by atoms with Crippen LogP contribution in [-0.2, 0) is 4.79 Å². The summed E-state index contributed by atoms with van der Waals surface area (Å²) in [4.78, 5) is 21.5. The van der Waals surface area contributed by atoms with Crippen LogP contribution >= 0.6 is 0 Å². The molecular weight excluding hydrogens is 330 g/mol. The second-order valence-corrected chi connectivity index (χ2v) is 4.54. The molecule has 130 valence electrons. The van der Waals surface area contributed by atoms with E-state index in [9.17, 15) is 14.9 Å². The number of nitrogens with zero attached hydrogens (tertiary/aromatic N) is 2. The van der Waals surface area contributed by atoms with Gasteiger partial charge in [-0.1, -0.05) is 12.1 Å². The molecule has 9 heteroatoms. The monoisotopic (exact) mass is 345 g/mol. The molecule has 0 atom stereocenters. The van der Waals surface area contributed by atoms with E-state index in [-0.39, 0.29) is 12.5 Å². The largest absolute Gasteiger partial charge is 0.493 e. The summed E-state index contributed by atoms with van der Waals surface area (Å²) >= 11 is 0. The van der Waals surface area contributed by atoms with Crippen molar-refractivity contribution in [3.63, 3.8) is 0 Å². The number of methoxy groups -OCH3 is 1. The molecule has 2 aromatic rings. The first-order valence-electron chi connectivity index (χ1n) is 7.09. The van der Waals surface area contributed by atoms with Crippen molar-refractivity contribution in [1.29, 1.82) is 0 Å². The molecular formula is C16H15N3O6. The summed E-state index contributed by atoms with van der Waals surface area (Å²) in [7, 11) is 1.51. The normalized spacial score (nSPS) is 10.9. The van der Waals surface area contributed by atoms with Crippen molar-refractivity contribution in [1.82, 2.24) is 5.43 Å². The zero-order valence-electron chi connectivity index (χ0n) is 13.2. The van der Waals surface area contributed by atoms with Crippen molar-refractivity contribution < 1.29 is 23.6 Å². The van der Waals surface area contributed by atoms with Gasteiger partial charge in [-0.15, -0.1) is 0 Å². The van der Waals surface area contributed by atoms with E-state index < -0.39 is 10.8 Å². The lowest BCUT2D eigenvalue weighted by atomic mass is 10.3. The van der Waals surface area contributed by atoms with Gasteiger partial charge in [0.25, 0.3) is 5.91 Å². The van der Waals surface area contributed by atoms with Gasteiger partial charge >= 0.3 is 5.88 Å². The summed E-state index contributed by atoms with van der Waals surface area (Å²) in [5.41, 5.74) is 2.27. The van der Waals surface area contributed by atoms with Crippen LogP contribution in [0.4, 0.5) is 5.88 Å². The molecule has 1 aromatic heterocycles. The molecule has 1 aromatic carbocycles. The van der Waals surface area contributed by atoms with Crippen molar-refractivity contribution in [2.45, 2.75) is 0 Å². The number of nitro groups is 1. The Morgan fingerprint density at radius 2 is 2.08 bits per heavy atom. The van der Waals surface area contributed by atoms with Gasteiger partial charge < -0.3 is 13.9 Å². The van der Waals surface area contributed by atoms with Crippen molar-refractivity contribution in [2.24, 2.45) is 5.10 Å². The molecule has 0 aliphatic carbocycles. The molecule has 0 spiro atoms. The molecule has 0 unspecified atom stereocenters. The molecule has 0 bridgehead atoms. The Labute approximate surface area is 142 Å². The molecule has 0 aliphatic heterocycles. The topological polar surface area (TPSA) is 116 Å². The lowest BCUT2D eigenvalue weighted by molar-refractivity contribution is -0.402. The number of amides is 1. The van der Waals surface area contributed by atoms with Gasteiger partial charge in [0.1, 0.15) is 10.7 Å². The van der Waals surface area contributed by atoms with E-state index in [0.29, 0.717) is 17.3 Å². The number of hydrazone groups is 1. The Bertz CT molecular complexity index is 797. The van der Waals surface area contributed by atoms with Crippen LogP contribution in [0, 0.1) is 10.1 Å². The number of para-hydroxylation sites is 2. The first-order chi connectivity index (χ1) is 12.1. The van der Waals surface area contributed by atoms with Gasteiger partial charge in [-0.05, 0) is 30.4 Å². The number of rotatable bonds is 8. The average molecular weight is 345 g/mol. The highest BCUT2D eigenvalue weighted by atomic mass is 16.6. The smallest absolute Gasteiger partial charge is 0.433 e. The van der Waals surface area contributed by atoms with Crippen LogP contribution in [0.1, 0.15) is 5.76 Å². The van der Waals surface area contributed by atoms with Gasteiger partial charge in [0.05, 0.1) is 13.2 Å². The lowest BCUT2D eigenvalue weighted by Gasteiger charge is -2.08. The van der Waals surface area contributed by atoms with E-state index in [0.717, 1.165) is 0 Å². The van der Waals surface area contributed by atoms with Gasteiger partial charge in [-0.3, -0.25) is 14.9 Å². The minimum absolute atomic E-state index is 0.230. The number of ether oxygens (including phenoxy) is 2. The van der Waals surface area contributed by atoms with E-state index in [1.807, 2.05) is 0 Å². The molecule has 1 N–H and O–H groups in total. The number of carbonyl (C=O) groups excluding carboxylic acids is 1. The summed E-state index contributed by atoms with van der Waals surface area (Å²) in [5, 5.41) is 14.1. The molecule has 0 radical (unpaired) electrons. The SMILES string of the molecule is COc1ccccc1OCC(=O)NN=C/C=C/c1ccc([N+](=O)[O-])o1. The molecule has 0 fully saturated rings. The molecule has 0 saturated heterocycles. The van der Waals surface area contributed by atoms with Crippen LogP contribution in [0.2, 0.25) is 0 Å². The van der Waals surface area contributed by atoms with Crippen LogP contribution in [0.15, 0.2) is 52.0 Å². The van der Waals surface area contributed by atoms with Crippen LogP contribution in [0.5, 0.6) is 11.5 Å². The molecule has 0 saturated carbocycles. The Hall–Kier alpha value is -3.62. The highest BCUT2D eigenvalue weighted by Gasteiger charge is 2.09. The first kappa shape index (κ1) is 17.7. The number of hydrogen-bond donors (Lipinski definition) is 1. The summed E-state index contributed by atoms with van der Waals surface area (Å²) in [6, 6.07) is 9.64. The second-order valence-electron chi connectivity index (χ2n) is 4.54. The van der Waals surface area contributed by atoms with E-state index in [1.165, 1.54) is 37.6 Å². The molecule has 9 nitrogen and oxygen atoms in total. The summed E-state index contributed by atoms with van der Waals surface area (Å²) < 4.78 is 15.4. The van der Waals surface area contributed by atoms with Crippen molar-refractivity contribution in [2.75, 3.05) is 13.7 Å². The minimum Gasteiger partial charge on any atom is -0.493 e. The van der Waals surface area contributed by atoms with Crippen molar-refractivity contribution >= 4 is 24.1 Å². The Morgan fingerprint density at radius 3 is 2.76 bits per heavy atom. The fourth-order valence-corrected chi connectivity index (χ4v) is 1.73. The van der Waals surface area contributed by atoms with E-state index >= 15 is 0 Å². The molecule has 25 heavy (non-hydrogen) atoms. The quantitative estimate of drug-likeness (QED) is 0.446. The van der Waals surface area contributed by atoms with Gasteiger partial charge in [-0.25, -0.2) is 5.43 Å². The number of allylic oxidation sites excluding steroid dienone is 1.